The molecular weight excluding hydrogens is 566 g/mol. The van der Waals surface area contributed by atoms with Gasteiger partial charge in [0.2, 0.25) is 35.4 Å². The fourth-order valence-corrected chi connectivity index (χ4v) is 5.70. The van der Waals surface area contributed by atoms with Gasteiger partial charge in [0.25, 0.3) is 0 Å². The molecule has 6 amide bonds. The minimum atomic E-state index is -1.09. The maximum Gasteiger partial charge on any atom is 0.246 e. The molecule has 2 aliphatic heterocycles. The molecular formula is C31H43N7O6. The number of H-pyrrole nitrogens is 1. The van der Waals surface area contributed by atoms with Crippen molar-refractivity contribution >= 4 is 46.3 Å². The van der Waals surface area contributed by atoms with E-state index >= 15 is 0 Å². The van der Waals surface area contributed by atoms with Gasteiger partial charge >= 0.3 is 0 Å². The van der Waals surface area contributed by atoms with Gasteiger partial charge < -0.3 is 36.5 Å². The van der Waals surface area contributed by atoms with Crippen LogP contribution in [0.4, 0.5) is 0 Å². The summed E-state index contributed by atoms with van der Waals surface area (Å²) in [7, 11) is 0. The largest absolute Gasteiger partial charge is 0.361 e. The minimum Gasteiger partial charge on any atom is -0.361 e. The van der Waals surface area contributed by atoms with E-state index in [1.807, 2.05) is 24.3 Å². The number of para-hydroxylation sites is 1. The molecule has 0 unspecified atom stereocenters. The molecule has 1 aromatic carbocycles. The number of benzene rings is 1. The first-order valence-electron chi connectivity index (χ1n) is 15.2. The van der Waals surface area contributed by atoms with Crippen molar-refractivity contribution in [3.8, 4) is 0 Å². The maximum atomic E-state index is 13.9. The molecule has 44 heavy (non-hydrogen) atoms. The summed E-state index contributed by atoms with van der Waals surface area (Å²) in [5, 5.41) is 14.3. The molecule has 238 valence electrons. The molecule has 0 aliphatic carbocycles. The predicted octanol–water partition coefficient (Wildman–Crippen LogP) is 0.102. The third-order valence-corrected chi connectivity index (χ3v) is 8.24. The number of nitrogens with one attached hydrogen (secondary N) is 6. The van der Waals surface area contributed by atoms with Gasteiger partial charge in [-0.2, -0.15) is 0 Å². The van der Waals surface area contributed by atoms with Crippen molar-refractivity contribution in [2.75, 3.05) is 13.1 Å². The second-order valence-electron chi connectivity index (χ2n) is 12.3. The lowest BCUT2D eigenvalue weighted by molar-refractivity contribution is -0.143. The number of amides is 6. The molecule has 4 rings (SSSR count). The summed E-state index contributed by atoms with van der Waals surface area (Å²) in [5.74, 6) is -3.85. The van der Waals surface area contributed by atoms with Crippen LogP contribution in [0.2, 0.25) is 0 Å². The zero-order valence-electron chi connectivity index (χ0n) is 25.9. The van der Waals surface area contributed by atoms with Crippen LogP contribution in [0.5, 0.6) is 0 Å². The van der Waals surface area contributed by atoms with Gasteiger partial charge in [-0.05, 0) is 43.2 Å². The third kappa shape index (κ3) is 7.37. The molecule has 2 aliphatic rings. The van der Waals surface area contributed by atoms with Crippen molar-refractivity contribution in [3.63, 3.8) is 0 Å². The summed E-state index contributed by atoms with van der Waals surface area (Å²) >= 11 is 0. The summed E-state index contributed by atoms with van der Waals surface area (Å²) in [6, 6.07) is 2.70. The lowest BCUT2D eigenvalue weighted by atomic mass is 9.99. The summed E-state index contributed by atoms with van der Waals surface area (Å²) in [6.07, 6.45) is 2.87. The fourth-order valence-electron chi connectivity index (χ4n) is 5.70. The number of aromatic nitrogens is 1. The smallest absolute Gasteiger partial charge is 0.246 e. The quantitative estimate of drug-likeness (QED) is 0.286. The predicted molar refractivity (Wildman–Crippen MR) is 163 cm³/mol. The van der Waals surface area contributed by atoms with Crippen LogP contribution in [0.25, 0.3) is 10.9 Å². The van der Waals surface area contributed by atoms with Gasteiger partial charge in [-0.15, -0.1) is 0 Å². The van der Waals surface area contributed by atoms with Crippen molar-refractivity contribution in [3.05, 3.63) is 36.0 Å². The Morgan fingerprint density at radius 2 is 1.50 bits per heavy atom. The molecule has 0 saturated carbocycles. The van der Waals surface area contributed by atoms with Crippen molar-refractivity contribution in [2.45, 2.75) is 84.1 Å². The van der Waals surface area contributed by atoms with Crippen LogP contribution in [-0.4, -0.2) is 88.6 Å². The Hall–Kier alpha value is -4.42. The van der Waals surface area contributed by atoms with Gasteiger partial charge in [-0.3, -0.25) is 28.8 Å². The zero-order chi connectivity index (χ0) is 32.1. The molecule has 0 bridgehead atoms. The van der Waals surface area contributed by atoms with Crippen LogP contribution in [-0.2, 0) is 35.2 Å². The highest BCUT2D eigenvalue weighted by atomic mass is 16.2. The highest BCUT2D eigenvalue weighted by molar-refractivity contribution is 5.98. The fraction of sp³-hybridized carbons (Fsp3) is 0.548. The second kappa shape index (κ2) is 13.9. The third-order valence-electron chi connectivity index (χ3n) is 8.24. The van der Waals surface area contributed by atoms with Gasteiger partial charge in [0.05, 0.1) is 6.54 Å². The number of rotatable bonds is 4. The van der Waals surface area contributed by atoms with E-state index in [-0.39, 0.29) is 18.3 Å². The highest BCUT2D eigenvalue weighted by Gasteiger charge is 2.41. The molecule has 0 radical (unpaired) electrons. The standard InChI is InChI=1S/C31H43N7O6/c1-16(2)25-30(43)33-15-24(39)34-18(5)27(40)35-22(13-19-14-32-21-10-7-6-9-20(19)21)28(41)37-26(17(3)4)31(44)38-12-8-11-23(38)29(42)36-25/h6-7,9-10,14,16-18,22-23,25-26,32H,8,11-13,15H2,1-5H3,(H,33,43)(H,34,39)(H,35,40)(H,36,42)(H,37,41)/t18-,22+,23-,25-,26+/m0/s1. The average molecular weight is 610 g/mol. The van der Waals surface area contributed by atoms with Crippen LogP contribution in [0, 0.1) is 11.8 Å². The molecule has 6 N–H and O–H groups in total. The van der Waals surface area contributed by atoms with Crippen LogP contribution < -0.4 is 26.6 Å². The van der Waals surface area contributed by atoms with Gasteiger partial charge in [-0.1, -0.05) is 45.9 Å². The number of hydrogen-bond acceptors (Lipinski definition) is 6. The molecule has 2 fully saturated rings. The number of nitrogens with zero attached hydrogens (tertiary/aromatic N) is 1. The van der Waals surface area contributed by atoms with Gasteiger partial charge in [0.1, 0.15) is 30.2 Å². The van der Waals surface area contributed by atoms with E-state index in [1.54, 1.807) is 33.9 Å². The summed E-state index contributed by atoms with van der Waals surface area (Å²) in [5.41, 5.74) is 1.65. The Morgan fingerprint density at radius 1 is 0.818 bits per heavy atom. The molecule has 13 nitrogen and oxygen atoms in total. The monoisotopic (exact) mass is 609 g/mol. The molecule has 2 saturated heterocycles. The molecule has 2 aromatic rings. The highest BCUT2D eigenvalue weighted by Crippen LogP contribution is 2.22. The van der Waals surface area contributed by atoms with Gasteiger partial charge in [0.15, 0.2) is 0 Å². The van der Waals surface area contributed by atoms with Crippen LogP contribution in [0.1, 0.15) is 53.0 Å². The van der Waals surface area contributed by atoms with E-state index in [0.29, 0.717) is 19.4 Å². The van der Waals surface area contributed by atoms with E-state index in [4.69, 9.17) is 0 Å². The number of carbonyl (C=O) groups excluding carboxylic acids is 6. The van der Waals surface area contributed by atoms with E-state index < -0.39 is 72.2 Å². The molecule has 1 aromatic heterocycles. The maximum absolute atomic E-state index is 13.9. The van der Waals surface area contributed by atoms with E-state index in [1.165, 1.54) is 11.8 Å². The van der Waals surface area contributed by atoms with E-state index in [9.17, 15) is 28.8 Å². The number of carbonyl (C=O) groups is 6. The molecule has 5 atom stereocenters. The Morgan fingerprint density at radius 3 is 2.20 bits per heavy atom. The summed E-state index contributed by atoms with van der Waals surface area (Å²) < 4.78 is 0. The Bertz CT molecular complexity index is 1420. The van der Waals surface area contributed by atoms with Crippen molar-refractivity contribution in [2.24, 2.45) is 11.8 Å². The first-order chi connectivity index (χ1) is 20.9. The van der Waals surface area contributed by atoms with Crippen LogP contribution in [0.15, 0.2) is 30.5 Å². The lowest BCUT2D eigenvalue weighted by Crippen LogP contribution is -2.61. The Kier molecular flexibility index (Phi) is 10.3. The molecule has 3 heterocycles. The Labute approximate surface area is 256 Å². The Balaban J connectivity index is 1.67. The topological polar surface area (TPSA) is 182 Å². The zero-order valence-corrected chi connectivity index (χ0v) is 25.9. The molecule has 13 heteroatoms. The molecule has 0 spiro atoms. The van der Waals surface area contributed by atoms with Crippen molar-refractivity contribution < 1.29 is 28.8 Å². The van der Waals surface area contributed by atoms with Crippen LogP contribution >= 0.6 is 0 Å². The normalized spacial score (nSPS) is 26.4. The van der Waals surface area contributed by atoms with Gasteiger partial charge in [-0.25, -0.2) is 0 Å². The van der Waals surface area contributed by atoms with E-state index in [0.717, 1.165) is 16.5 Å². The number of fused-ring (bicyclic) bond motifs is 2. The van der Waals surface area contributed by atoms with Crippen LogP contribution in [0.3, 0.4) is 0 Å². The number of aromatic amines is 1. The summed E-state index contributed by atoms with van der Waals surface area (Å²) in [4.78, 5) is 84.7. The number of hydrogen-bond donors (Lipinski definition) is 6. The average Bonchev–Trinajstić information content (AvgIpc) is 3.63. The minimum absolute atomic E-state index is 0.114. The van der Waals surface area contributed by atoms with Crippen molar-refractivity contribution in [1.82, 2.24) is 36.5 Å². The first-order valence-corrected chi connectivity index (χ1v) is 15.2. The van der Waals surface area contributed by atoms with E-state index in [2.05, 4.69) is 31.6 Å². The second-order valence-corrected chi connectivity index (χ2v) is 12.3. The summed E-state index contributed by atoms with van der Waals surface area (Å²) in [6.45, 7) is 8.49. The van der Waals surface area contributed by atoms with Crippen molar-refractivity contribution in [1.29, 1.82) is 0 Å². The first kappa shape index (κ1) is 32.5. The SMILES string of the molecule is CC(C)[C@@H]1NC(=O)[C@@H]2CCCN2C(=O)[C@@H](C(C)C)NC(=O)[C@@H](Cc2c[nH]c3ccccc23)NC(=O)[C@H](C)NC(=O)CNC1=O. The van der Waals surface area contributed by atoms with Gasteiger partial charge in [0, 0.05) is 30.1 Å². The lowest BCUT2D eigenvalue weighted by Gasteiger charge is -2.32.